The highest BCUT2D eigenvalue weighted by Crippen LogP contribution is 2.32. The molecule has 1 fully saturated rings. The van der Waals surface area contributed by atoms with Crippen LogP contribution in [-0.4, -0.2) is 48.1 Å². The van der Waals surface area contributed by atoms with Gasteiger partial charge in [-0.05, 0) is 60.7 Å². The fourth-order valence-corrected chi connectivity index (χ4v) is 4.41. The molecule has 0 radical (unpaired) electrons. The molecule has 0 spiro atoms. The van der Waals surface area contributed by atoms with Crippen molar-refractivity contribution in [1.82, 2.24) is 14.3 Å². The lowest BCUT2D eigenvalue weighted by Crippen LogP contribution is -2.56. The van der Waals surface area contributed by atoms with Gasteiger partial charge in [-0.2, -0.15) is 4.31 Å². The molecule has 0 aliphatic carbocycles. The van der Waals surface area contributed by atoms with Crippen molar-refractivity contribution < 1.29 is 8.42 Å². The SMILES string of the molecule is Cc1cc(-c2cc(NC3CN(S(C)(=O)=O)C3)c3cnccc3c2)cc(C)n1. The molecule has 27 heavy (non-hydrogen) atoms. The number of sulfonamides is 1. The Hall–Kier alpha value is -2.51. The van der Waals surface area contributed by atoms with Gasteiger partial charge in [0.1, 0.15) is 0 Å². The van der Waals surface area contributed by atoms with Crippen LogP contribution in [0.1, 0.15) is 11.4 Å². The molecule has 1 aliphatic heterocycles. The summed E-state index contributed by atoms with van der Waals surface area (Å²) in [4.78, 5) is 8.71. The monoisotopic (exact) mass is 382 g/mol. The summed E-state index contributed by atoms with van der Waals surface area (Å²) < 4.78 is 24.7. The van der Waals surface area contributed by atoms with E-state index in [9.17, 15) is 8.42 Å². The van der Waals surface area contributed by atoms with E-state index in [1.807, 2.05) is 26.1 Å². The van der Waals surface area contributed by atoms with E-state index in [-0.39, 0.29) is 6.04 Å². The lowest BCUT2D eigenvalue weighted by atomic mass is 9.99. The van der Waals surface area contributed by atoms with Crippen molar-refractivity contribution in [3.8, 4) is 11.1 Å². The highest BCUT2D eigenvalue weighted by Gasteiger charge is 2.33. The van der Waals surface area contributed by atoms with E-state index >= 15 is 0 Å². The molecule has 6 nitrogen and oxygen atoms in total. The number of fused-ring (bicyclic) bond motifs is 1. The van der Waals surface area contributed by atoms with Crippen LogP contribution in [0.15, 0.2) is 42.7 Å². The minimum Gasteiger partial charge on any atom is -0.379 e. The Kier molecular flexibility index (Phi) is 4.36. The topological polar surface area (TPSA) is 75.2 Å². The molecule has 3 heterocycles. The van der Waals surface area contributed by atoms with Gasteiger partial charge in [0.05, 0.1) is 12.3 Å². The van der Waals surface area contributed by atoms with E-state index in [0.717, 1.165) is 39.0 Å². The fourth-order valence-electron chi connectivity index (χ4n) is 3.51. The molecule has 140 valence electrons. The number of anilines is 1. The maximum absolute atomic E-state index is 11.6. The molecule has 4 rings (SSSR count). The number of rotatable bonds is 4. The van der Waals surface area contributed by atoms with Crippen molar-refractivity contribution in [3.63, 3.8) is 0 Å². The number of hydrogen-bond donors (Lipinski definition) is 1. The van der Waals surface area contributed by atoms with Crippen LogP contribution in [0.5, 0.6) is 0 Å². The molecule has 2 aromatic heterocycles. The van der Waals surface area contributed by atoms with E-state index in [1.165, 1.54) is 10.6 Å². The third-order valence-electron chi connectivity index (χ3n) is 4.85. The van der Waals surface area contributed by atoms with Crippen molar-refractivity contribution in [2.24, 2.45) is 0 Å². The third kappa shape index (κ3) is 3.65. The van der Waals surface area contributed by atoms with Gasteiger partial charge >= 0.3 is 0 Å². The van der Waals surface area contributed by atoms with Gasteiger partial charge in [-0.25, -0.2) is 8.42 Å². The minimum absolute atomic E-state index is 0.0966. The smallest absolute Gasteiger partial charge is 0.211 e. The van der Waals surface area contributed by atoms with Crippen LogP contribution in [0, 0.1) is 13.8 Å². The maximum atomic E-state index is 11.6. The summed E-state index contributed by atoms with van der Waals surface area (Å²) in [6.45, 7) is 4.96. The van der Waals surface area contributed by atoms with Crippen molar-refractivity contribution in [2.75, 3.05) is 24.7 Å². The fraction of sp³-hybridized carbons (Fsp3) is 0.300. The van der Waals surface area contributed by atoms with E-state index in [2.05, 4.69) is 39.6 Å². The van der Waals surface area contributed by atoms with Gasteiger partial charge in [0, 0.05) is 47.9 Å². The second-order valence-corrected chi connectivity index (χ2v) is 9.16. The van der Waals surface area contributed by atoms with Crippen LogP contribution in [0.4, 0.5) is 5.69 Å². The second-order valence-electron chi connectivity index (χ2n) is 7.18. The van der Waals surface area contributed by atoms with Crippen molar-refractivity contribution in [2.45, 2.75) is 19.9 Å². The lowest BCUT2D eigenvalue weighted by molar-refractivity contribution is 0.283. The molecular weight excluding hydrogens is 360 g/mol. The molecule has 0 unspecified atom stereocenters. The molecule has 0 atom stereocenters. The van der Waals surface area contributed by atoms with Gasteiger partial charge in [0.25, 0.3) is 0 Å². The van der Waals surface area contributed by atoms with E-state index in [4.69, 9.17) is 0 Å². The predicted octanol–water partition coefficient (Wildman–Crippen LogP) is 2.97. The Bertz CT molecular complexity index is 1100. The van der Waals surface area contributed by atoms with Crippen LogP contribution in [-0.2, 0) is 10.0 Å². The summed E-state index contributed by atoms with van der Waals surface area (Å²) in [5.41, 5.74) is 5.16. The van der Waals surface area contributed by atoms with Crippen molar-refractivity contribution >= 4 is 26.5 Å². The lowest BCUT2D eigenvalue weighted by Gasteiger charge is -2.38. The number of aromatic nitrogens is 2. The van der Waals surface area contributed by atoms with Gasteiger partial charge in [-0.3, -0.25) is 9.97 Å². The first kappa shape index (κ1) is 17.9. The maximum Gasteiger partial charge on any atom is 0.211 e. The molecular formula is C20H22N4O2S. The van der Waals surface area contributed by atoms with Crippen LogP contribution in [0.2, 0.25) is 0 Å². The molecule has 7 heteroatoms. The van der Waals surface area contributed by atoms with Gasteiger partial charge in [-0.15, -0.1) is 0 Å². The number of benzene rings is 1. The summed E-state index contributed by atoms with van der Waals surface area (Å²) >= 11 is 0. The Morgan fingerprint density at radius 2 is 1.74 bits per heavy atom. The summed E-state index contributed by atoms with van der Waals surface area (Å²) in [7, 11) is -3.12. The summed E-state index contributed by atoms with van der Waals surface area (Å²) in [6.07, 6.45) is 4.88. The number of nitrogens with one attached hydrogen (secondary N) is 1. The third-order valence-corrected chi connectivity index (χ3v) is 6.08. The van der Waals surface area contributed by atoms with Gasteiger partial charge in [0.15, 0.2) is 0 Å². The van der Waals surface area contributed by atoms with E-state index in [0.29, 0.717) is 13.1 Å². The van der Waals surface area contributed by atoms with Crippen molar-refractivity contribution in [3.05, 3.63) is 54.1 Å². The molecule has 1 saturated heterocycles. The molecule has 0 bridgehead atoms. The van der Waals surface area contributed by atoms with Gasteiger partial charge < -0.3 is 5.32 Å². The average Bonchev–Trinajstić information content (AvgIpc) is 2.55. The predicted molar refractivity (Wildman–Crippen MR) is 108 cm³/mol. The molecule has 0 amide bonds. The second kappa shape index (κ2) is 6.58. The first-order valence-electron chi connectivity index (χ1n) is 8.85. The van der Waals surface area contributed by atoms with Crippen LogP contribution < -0.4 is 5.32 Å². The first-order valence-corrected chi connectivity index (χ1v) is 10.7. The Balaban J connectivity index is 1.71. The number of pyridine rings is 2. The zero-order valence-electron chi connectivity index (χ0n) is 15.6. The van der Waals surface area contributed by atoms with Crippen LogP contribution in [0.3, 0.4) is 0 Å². The highest BCUT2D eigenvalue weighted by molar-refractivity contribution is 7.88. The quantitative estimate of drug-likeness (QED) is 0.751. The summed E-state index contributed by atoms with van der Waals surface area (Å²) in [5.74, 6) is 0. The standard InChI is InChI=1S/C20H22N4O2S/c1-13-6-16(7-14(2)22-13)17-8-15-4-5-21-10-19(15)20(9-17)23-18-11-24(12-18)27(3,25)26/h4-10,18,23H,11-12H2,1-3H3. The summed E-state index contributed by atoms with van der Waals surface area (Å²) in [5, 5.41) is 5.62. The van der Waals surface area contributed by atoms with Crippen LogP contribution >= 0.6 is 0 Å². The normalized spacial score (nSPS) is 15.7. The summed E-state index contributed by atoms with van der Waals surface area (Å²) in [6, 6.07) is 10.5. The van der Waals surface area contributed by atoms with Gasteiger partial charge in [-0.1, -0.05) is 0 Å². The molecule has 3 aromatic rings. The zero-order valence-corrected chi connectivity index (χ0v) is 16.4. The van der Waals surface area contributed by atoms with Gasteiger partial charge in [0.2, 0.25) is 10.0 Å². The number of aryl methyl sites for hydroxylation is 2. The van der Waals surface area contributed by atoms with E-state index in [1.54, 1.807) is 6.20 Å². The molecule has 1 aliphatic rings. The minimum atomic E-state index is -3.12. The average molecular weight is 382 g/mol. The molecule has 0 saturated carbocycles. The largest absolute Gasteiger partial charge is 0.379 e. The Morgan fingerprint density at radius 1 is 1.07 bits per heavy atom. The Morgan fingerprint density at radius 3 is 2.41 bits per heavy atom. The van der Waals surface area contributed by atoms with Crippen LogP contribution in [0.25, 0.3) is 21.9 Å². The Labute approximate surface area is 159 Å². The molecule has 1 N–H and O–H groups in total. The molecule has 1 aromatic carbocycles. The zero-order chi connectivity index (χ0) is 19.2. The van der Waals surface area contributed by atoms with Crippen molar-refractivity contribution in [1.29, 1.82) is 0 Å². The highest BCUT2D eigenvalue weighted by atomic mass is 32.2. The van der Waals surface area contributed by atoms with E-state index < -0.39 is 10.0 Å². The number of nitrogens with zero attached hydrogens (tertiary/aromatic N) is 3. The first-order chi connectivity index (χ1) is 12.8. The number of hydrogen-bond acceptors (Lipinski definition) is 5.